The number of anilines is 1. The molecule has 0 unspecified atom stereocenters. The van der Waals surface area contributed by atoms with Crippen LogP contribution in [0.3, 0.4) is 0 Å². The lowest BCUT2D eigenvalue weighted by Gasteiger charge is -2.30. The van der Waals surface area contributed by atoms with Gasteiger partial charge >= 0.3 is 0 Å². The Labute approximate surface area is 190 Å². The van der Waals surface area contributed by atoms with Crippen LogP contribution in [0, 0.1) is 0 Å². The molecule has 0 radical (unpaired) electrons. The van der Waals surface area contributed by atoms with Crippen molar-refractivity contribution in [3.8, 4) is 5.75 Å². The molecule has 8 heteroatoms. The number of carbonyl (C=O) groups is 2. The molecule has 0 saturated carbocycles. The molecule has 33 heavy (non-hydrogen) atoms. The lowest BCUT2D eigenvalue weighted by atomic mass is 9.97. The zero-order chi connectivity index (χ0) is 22.9. The van der Waals surface area contributed by atoms with Crippen LogP contribution in [0.5, 0.6) is 5.75 Å². The van der Waals surface area contributed by atoms with E-state index in [4.69, 9.17) is 10.5 Å². The number of allylic oxidation sites excluding steroid dienone is 2. The molecular formula is C25H23FN4O3. The maximum absolute atomic E-state index is 15.4. The number of aliphatic imine (C=N–C) groups is 1. The average Bonchev–Trinajstić information content (AvgIpc) is 2.82. The lowest BCUT2D eigenvalue weighted by molar-refractivity contribution is -0.119. The summed E-state index contributed by atoms with van der Waals surface area (Å²) < 4.78 is 21.5. The summed E-state index contributed by atoms with van der Waals surface area (Å²) in [6, 6.07) is 11.6. The smallest absolute Gasteiger partial charge is 0.254 e. The van der Waals surface area contributed by atoms with E-state index in [1.165, 1.54) is 6.20 Å². The first-order valence-corrected chi connectivity index (χ1v) is 10.9. The highest BCUT2D eigenvalue weighted by Gasteiger charge is 2.30. The van der Waals surface area contributed by atoms with Crippen molar-refractivity contribution in [2.24, 2.45) is 10.7 Å². The van der Waals surface area contributed by atoms with Crippen LogP contribution in [-0.2, 0) is 9.59 Å². The molecule has 0 spiro atoms. The minimum Gasteiger partial charge on any atom is -0.485 e. The van der Waals surface area contributed by atoms with Crippen molar-refractivity contribution >= 4 is 34.0 Å². The van der Waals surface area contributed by atoms with Gasteiger partial charge in [-0.2, -0.15) is 0 Å². The second-order valence-corrected chi connectivity index (χ2v) is 8.23. The predicted octanol–water partition coefficient (Wildman–Crippen LogP) is 3.27. The Morgan fingerprint density at radius 3 is 2.70 bits per heavy atom. The van der Waals surface area contributed by atoms with Crippen LogP contribution in [0.1, 0.15) is 19.3 Å². The summed E-state index contributed by atoms with van der Waals surface area (Å²) in [6.07, 6.45) is 5.26. The number of Topliss-reactive ketones (excluding diaryl/α,β-unsaturated/α-hetero) is 1. The number of nitrogens with two attached hydrogens (primary N) is 1. The first-order chi connectivity index (χ1) is 16.0. The lowest BCUT2D eigenvalue weighted by Crippen LogP contribution is -2.36. The SMILES string of the molecule is NC(=O)C1=CN2C/C(=C\C(F)=C(\NC3=NCCCC3)COc3cc4ccccc4cc32)C1=O. The molecule has 3 N–H and O–H groups in total. The van der Waals surface area contributed by atoms with Crippen LogP contribution in [0.25, 0.3) is 10.8 Å². The Morgan fingerprint density at radius 1 is 1.18 bits per heavy atom. The number of halogens is 1. The number of amidine groups is 1. The van der Waals surface area contributed by atoms with Gasteiger partial charge in [-0.3, -0.25) is 14.6 Å². The van der Waals surface area contributed by atoms with Crippen molar-refractivity contribution < 1.29 is 18.7 Å². The van der Waals surface area contributed by atoms with Crippen molar-refractivity contribution in [1.82, 2.24) is 5.32 Å². The van der Waals surface area contributed by atoms with Crippen molar-refractivity contribution in [1.29, 1.82) is 0 Å². The molecule has 5 rings (SSSR count). The Morgan fingerprint density at radius 2 is 1.97 bits per heavy atom. The van der Waals surface area contributed by atoms with Crippen LogP contribution in [0.15, 0.2) is 76.3 Å². The second kappa shape index (κ2) is 8.54. The van der Waals surface area contributed by atoms with E-state index in [1.54, 1.807) is 4.90 Å². The molecule has 7 nitrogen and oxygen atoms in total. The van der Waals surface area contributed by atoms with Gasteiger partial charge in [0.05, 0.1) is 17.9 Å². The van der Waals surface area contributed by atoms with E-state index < -0.39 is 17.5 Å². The van der Waals surface area contributed by atoms with E-state index in [0.717, 1.165) is 36.1 Å². The van der Waals surface area contributed by atoms with Gasteiger partial charge in [0.15, 0.2) is 5.78 Å². The van der Waals surface area contributed by atoms with Gasteiger partial charge < -0.3 is 20.7 Å². The third-order valence-corrected chi connectivity index (χ3v) is 5.94. The number of fused-ring (bicyclic) bond motifs is 5. The van der Waals surface area contributed by atoms with Gasteiger partial charge in [0, 0.05) is 24.7 Å². The molecule has 1 amide bonds. The summed E-state index contributed by atoms with van der Waals surface area (Å²) in [4.78, 5) is 31.0. The molecule has 2 aromatic carbocycles. The fraction of sp³-hybridized carbons (Fsp3) is 0.240. The number of nitrogens with zero attached hydrogens (tertiary/aromatic N) is 2. The number of amides is 1. The van der Waals surface area contributed by atoms with Gasteiger partial charge in [0.25, 0.3) is 5.91 Å². The van der Waals surface area contributed by atoms with E-state index in [0.29, 0.717) is 23.8 Å². The summed E-state index contributed by atoms with van der Waals surface area (Å²) in [5, 5.41) is 4.98. The highest BCUT2D eigenvalue weighted by atomic mass is 19.1. The van der Waals surface area contributed by atoms with Gasteiger partial charge in [0.2, 0.25) is 0 Å². The number of primary amides is 1. The summed E-state index contributed by atoms with van der Waals surface area (Å²) in [7, 11) is 0. The Bertz CT molecular complexity index is 1290. The van der Waals surface area contributed by atoms with E-state index in [9.17, 15) is 9.59 Å². The van der Waals surface area contributed by atoms with Crippen LogP contribution < -0.4 is 20.7 Å². The minimum atomic E-state index is -0.866. The maximum atomic E-state index is 15.4. The van der Waals surface area contributed by atoms with E-state index in [1.807, 2.05) is 36.4 Å². The van der Waals surface area contributed by atoms with E-state index in [-0.39, 0.29) is 30.0 Å². The molecule has 2 bridgehead atoms. The maximum Gasteiger partial charge on any atom is 0.254 e. The number of ether oxygens (including phenoxy) is 1. The monoisotopic (exact) mass is 446 g/mol. The zero-order valence-corrected chi connectivity index (χ0v) is 17.9. The molecule has 168 valence electrons. The van der Waals surface area contributed by atoms with Crippen LogP contribution in [0.4, 0.5) is 10.1 Å². The molecular weight excluding hydrogens is 423 g/mol. The molecule has 3 aliphatic rings. The summed E-state index contributed by atoms with van der Waals surface area (Å²) in [5.74, 6) is -0.885. The van der Waals surface area contributed by atoms with E-state index >= 15 is 4.39 Å². The third kappa shape index (κ3) is 4.11. The van der Waals surface area contributed by atoms with Gasteiger partial charge in [-0.25, -0.2) is 4.39 Å². The number of nitrogens with one attached hydrogen (secondary N) is 1. The standard InChI is InChI=1S/C25H23FN4O3/c26-19-9-17-12-30(13-18(24(17)31)25(27)32)21-10-15-5-1-2-6-16(15)11-22(21)33-14-20(19)29-23-7-3-4-8-28-23/h1-2,5-6,9-11,13H,3-4,7-8,12,14H2,(H2,27,32)(H,28,29)/b17-9+,20-19-. The van der Waals surface area contributed by atoms with Crippen molar-refractivity contribution in [3.63, 3.8) is 0 Å². The predicted molar refractivity (Wildman–Crippen MR) is 125 cm³/mol. The normalized spacial score (nSPS) is 22.4. The number of ketones is 1. The van der Waals surface area contributed by atoms with Crippen LogP contribution in [0.2, 0.25) is 0 Å². The number of hydrogen-bond donors (Lipinski definition) is 2. The van der Waals surface area contributed by atoms with Crippen LogP contribution in [-0.4, -0.2) is 37.2 Å². The Hall–Kier alpha value is -3.94. The number of carbonyl (C=O) groups excluding carboxylic acids is 2. The van der Waals surface area contributed by atoms with Crippen LogP contribution >= 0.6 is 0 Å². The molecule has 3 heterocycles. The summed E-state index contributed by atoms with van der Waals surface area (Å²) in [6.45, 7) is 0.689. The number of hydrogen-bond acceptors (Lipinski definition) is 6. The molecule has 0 aliphatic carbocycles. The van der Waals surface area contributed by atoms with Gasteiger partial charge in [-0.05, 0) is 41.8 Å². The topological polar surface area (TPSA) is 97.0 Å². The first-order valence-electron chi connectivity index (χ1n) is 10.9. The average molecular weight is 446 g/mol. The summed E-state index contributed by atoms with van der Waals surface area (Å²) in [5.41, 5.74) is 6.24. The van der Waals surface area contributed by atoms with Crippen molar-refractivity contribution in [2.75, 3.05) is 24.6 Å². The van der Waals surface area contributed by atoms with Gasteiger partial charge in [0.1, 0.15) is 29.6 Å². The van der Waals surface area contributed by atoms with Gasteiger partial charge in [-0.15, -0.1) is 0 Å². The molecule has 0 saturated heterocycles. The highest BCUT2D eigenvalue weighted by Crippen LogP contribution is 2.37. The fourth-order valence-corrected chi connectivity index (χ4v) is 4.21. The van der Waals surface area contributed by atoms with Gasteiger partial charge in [-0.1, -0.05) is 24.3 Å². The zero-order valence-electron chi connectivity index (χ0n) is 17.9. The third-order valence-electron chi connectivity index (χ3n) is 5.94. The molecule has 0 aromatic heterocycles. The Balaban J connectivity index is 1.66. The Kier molecular flexibility index (Phi) is 5.42. The first kappa shape index (κ1) is 20.9. The summed E-state index contributed by atoms with van der Waals surface area (Å²) >= 11 is 0. The second-order valence-electron chi connectivity index (χ2n) is 8.23. The quantitative estimate of drug-likeness (QED) is 0.691. The highest BCUT2D eigenvalue weighted by molar-refractivity contribution is 6.26. The molecule has 0 atom stereocenters. The fourth-order valence-electron chi connectivity index (χ4n) is 4.21. The number of rotatable bonds is 2. The minimum absolute atomic E-state index is 0.0750. The largest absolute Gasteiger partial charge is 0.485 e. The van der Waals surface area contributed by atoms with Crippen molar-refractivity contribution in [2.45, 2.75) is 19.3 Å². The molecule has 0 fully saturated rings. The van der Waals surface area contributed by atoms with Crippen molar-refractivity contribution in [3.05, 3.63) is 71.3 Å². The molecule has 2 aromatic rings. The molecule has 3 aliphatic heterocycles. The van der Waals surface area contributed by atoms with E-state index in [2.05, 4.69) is 10.3 Å². The number of benzene rings is 2.